The number of hydrogen-bond donors (Lipinski definition) is 2. The minimum absolute atomic E-state index is 0. The van der Waals surface area contributed by atoms with Crippen LogP contribution in [0.4, 0.5) is 11.4 Å². The van der Waals surface area contributed by atoms with E-state index in [4.69, 9.17) is 11.5 Å². The monoisotopic (exact) mass is 186 g/mol. The zero-order chi connectivity index (χ0) is 5.98. The second-order valence-corrected chi connectivity index (χ2v) is 1.67. The molecule has 0 aliphatic carbocycles. The smallest absolute Gasteiger partial charge is 1.00 e. The molecule has 0 spiro atoms. The number of benzene rings is 1. The van der Waals surface area contributed by atoms with Crippen molar-refractivity contribution < 1.29 is 59.1 Å². The molecule has 0 saturated carbocycles. The molecule has 1 rings (SSSR count). The van der Waals surface area contributed by atoms with Crippen LogP contribution in [0.5, 0.6) is 0 Å². The molecule has 0 bridgehead atoms. The molecule has 0 amide bonds. The van der Waals surface area contributed by atoms with Gasteiger partial charge in [-0.1, -0.05) is 0 Å². The van der Waals surface area contributed by atoms with Crippen molar-refractivity contribution in [3.05, 3.63) is 24.3 Å². The first-order valence-corrected chi connectivity index (χ1v) is 2.40. The number of anilines is 2. The van der Waals surface area contributed by atoms with E-state index in [0.717, 1.165) is 11.4 Å². The van der Waals surface area contributed by atoms with Gasteiger partial charge in [-0.05, 0) is 24.3 Å². The van der Waals surface area contributed by atoms with Gasteiger partial charge in [0.25, 0.3) is 0 Å². The Labute approximate surface area is 118 Å². The Balaban J connectivity index is -0.000000213. The van der Waals surface area contributed by atoms with Crippen LogP contribution in [-0.4, -0.2) is 0 Å². The Hall–Kier alpha value is 1.17. The van der Waals surface area contributed by atoms with Gasteiger partial charge in [0.05, 0.1) is 0 Å². The van der Waals surface area contributed by atoms with Gasteiger partial charge in [-0.15, -0.1) is 0 Å². The Morgan fingerprint density at radius 3 is 1.09 bits per heavy atom. The van der Waals surface area contributed by atoms with Crippen molar-refractivity contribution in [2.45, 2.75) is 0 Å². The van der Waals surface area contributed by atoms with Crippen LogP contribution in [0.2, 0.25) is 0 Å². The molecule has 0 unspecified atom stereocenters. The summed E-state index contributed by atoms with van der Waals surface area (Å²) >= 11 is 0. The number of hydrogen-bond acceptors (Lipinski definition) is 2. The molecular formula is C6H8N2Na2S. The third kappa shape index (κ3) is 7.53. The largest absolute Gasteiger partial charge is 2.00 e. The normalized spacial score (nSPS) is 6.55. The van der Waals surface area contributed by atoms with Gasteiger partial charge in [0.15, 0.2) is 0 Å². The fourth-order valence-electron chi connectivity index (χ4n) is 0.496. The fraction of sp³-hybridized carbons (Fsp3) is 0. The minimum Gasteiger partial charge on any atom is -2.00 e. The Morgan fingerprint density at radius 2 is 0.909 bits per heavy atom. The predicted molar refractivity (Wildman–Crippen MR) is 42.6 cm³/mol. The molecule has 0 aromatic heterocycles. The summed E-state index contributed by atoms with van der Waals surface area (Å²) in [5, 5.41) is 0. The Kier molecular flexibility index (Phi) is 15.2. The van der Waals surface area contributed by atoms with E-state index in [-0.39, 0.29) is 72.6 Å². The van der Waals surface area contributed by atoms with E-state index >= 15 is 0 Å². The van der Waals surface area contributed by atoms with Gasteiger partial charge >= 0.3 is 59.1 Å². The van der Waals surface area contributed by atoms with Crippen molar-refractivity contribution >= 4 is 24.9 Å². The van der Waals surface area contributed by atoms with E-state index in [9.17, 15) is 0 Å². The molecule has 0 fully saturated rings. The maximum absolute atomic E-state index is 5.37. The van der Waals surface area contributed by atoms with E-state index in [1.54, 1.807) is 24.3 Å². The molecule has 0 atom stereocenters. The fourth-order valence-corrected chi connectivity index (χ4v) is 0.496. The maximum Gasteiger partial charge on any atom is 1.00 e. The molecule has 1 aromatic rings. The first-order chi connectivity index (χ1) is 3.79. The molecule has 0 heterocycles. The summed E-state index contributed by atoms with van der Waals surface area (Å²) in [4.78, 5) is 0. The van der Waals surface area contributed by atoms with Gasteiger partial charge in [-0.25, -0.2) is 0 Å². The molecule has 5 heteroatoms. The van der Waals surface area contributed by atoms with Crippen molar-refractivity contribution in [3.8, 4) is 0 Å². The first-order valence-electron chi connectivity index (χ1n) is 2.40. The molecule has 0 aliphatic rings. The zero-order valence-electron chi connectivity index (χ0n) is 6.87. The molecular weight excluding hydrogens is 178 g/mol. The summed E-state index contributed by atoms with van der Waals surface area (Å²) in [7, 11) is 0. The number of nitrogen functional groups attached to an aromatic ring is 2. The standard InChI is InChI=1S/C6H8N2.2Na.S/c7-5-1-2-6(8)4-3-5;;;/h1-4H,7-8H2;;;/q;2*+1;-2. The van der Waals surface area contributed by atoms with Gasteiger partial charge in [-0.2, -0.15) is 0 Å². The van der Waals surface area contributed by atoms with Gasteiger partial charge in [-0.3, -0.25) is 0 Å². The van der Waals surface area contributed by atoms with Crippen LogP contribution in [0.25, 0.3) is 0 Å². The minimum atomic E-state index is 0. The van der Waals surface area contributed by atoms with E-state index in [0.29, 0.717) is 0 Å². The van der Waals surface area contributed by atoms with E-state index in [2.05, 4.69) is 0 Å². The summed E-state index contributed by atoms with van der Waals surface area (Å²) in [5.41, 5.74) is 12.2. The summed E-state index contributed by atoms with van der Waals surface area (Å²) in [6.07, 6.45) is 0. The molecule has 0 radical (unpaired) electrons. The quantitative estimate of drug-likeness (QED) is 0.314. The predicted octanol–water partition coefficient (Wildman–Crippen LogP) is -5.14. The SMILES string of the molecule is Nc1ccc(N)cc1.[Na+].[Na+].[S-2]. The topological polar surface area (TPSA) is 52.0 Å². The molecule has 0 saturated heterocycles. The van der Waals surface area contributed by atoms with E-state index in [1.165, 1.54) is 0 Å². The van der Waals surface area contributed by atoms with Crippen LogP contribution in [-0.2, 0) is 13.5 Å². The summed E-state index contributed by atoms with van der Waals surface area (Å²) < 4.78 is 0. The molecule has 4 N–H and O–H groups in total. The van der Waals surface area contributed by atoms with Crippen LogP contribution >= 0.6 is 0 Å². The average Bonchev–Trinajstić information content (AvgIpc) is 1.77. The summed E-state index contributed by atoms with van der Waals surface area (Å²) in [6.45, 7) is 0. The second-order valence-electron chi connectivity index (χ2n) is 1.67. The van der Waals surface area contributed by atoms with Crippen molar-refractivity contribution in [1.29, 1.82) is 0 Å². The van der Waals surface area contributed by atoms with Crippen molar-refractivity contribution in [1.82, 2.24) is 0 Å². The number of rotatable bonds is 0. The van der Waals surface area contributed by atoms with Crippen molar-refractivity contribution in [2.75, 3.05) is 11.5 Å². The molecule has 50 valence electrons. The van der Waals surface area contributed by atoms with Crippen LogP contribution in [0.1, 0.15) is 0 Å². The zero-order valence-corrected chi connectivity index (χ0v) is 11.7. The first kappa shape index (κ1) is 18.1. The van der Waals surface area contributed by atoms with Crippen LogP contribution < -0.4 is 70.6 Å². The van der Waals surface area contributed by atoms with Crippen molar-refractivity contribution in [2.24, 2.45) is 0 Å². The summed E-state index contributed by atoms with van der Waals surface area (Å²) in [6, 6.07) is 7.09. The van der Waals surface area contributed by atoms with E-state index < -0.39 is 0 Å². The second kappa shape index (κ2) is 9.26. The Morgan fingerprint density at radius 1 is 0.727 bits per heavy atom. The third-order valence-corrected chi connectivity index (χ3v) is 0.936. The molecule has 2 nitrogen and oxygen atoms in total. The Bertz CT molecular complexity index is 157. The third-order valence-electron chi connectivity index (χ3n) is 0.936. The van der Waals surface area contributed by atoms with Gasteiger partial charge < -0.3 is 25.0 Å². The number of nitrogens with two attached hydrogens (primary N) is 2. The molecule has 11 heavy (non-hydrogen) atoms. The van der Waals surface area contributed by atoms with Crippen LogP contribution in [0, 0.1) is 0 Å². The molecule has 0 aliphatic heterocycles. The van der Waals surface area contributed by atoms with Crippen LogP contribution in [0.15, 0.2) is 24.3 Å². The van der Waals surface area contributed by atoms with E-state index in [1.807, 2.05) is 0 Å². The van der Waals surface area contributed by atoms with Gasteiger partial charge in [0.1, 0.15) is 0 Å². The van der Waals surface area contributed by atoms with Crippen molar-refractivity contribution in [3.63, 3.8) is 0 Å². The average molecular weight is 186 g/mol. The molecule has 1 aromatic carbocycles. The maximum atomic E-state index is 5.37. The van der Waals surface area contributed by atoms with Gasteiger partial charge in [0, 0.05) is 11.4 Å². The summed E-state index contributed by atoms with van der Waals surface area (Å²) in [5.74, 6) is 0. The van der Waals surface area contributed by atoms with Gasteiger partial charge in [0.2, 0.25) is 0 Å². The van der Waals surface area contributed by atoms with Crippen LogP contribution in [0.3, 0.4) is 0 Å².